The van der Waals surface area contributed by atoms with Crippen molar-refractivity contribution in [1.82, 2.24) is 10.1 Å². The van der Waals surface area contributed by atoms with Crippen molar-refractivity contribution in [2.75, 3.05) is 11.1 Å². The van der Waals surface area contributed by atoms with Gasteiger partial charge in [0.25, 0.3) is 5.89 Å². The molecule has 0 radical (unpaired) electrons. The van der Waals surface area contributed by atoms with E-state index in [0.29, 0.717) is 28.4 Å². The van der Waals surface area contributed by atoms with Gasteiger partial charge in [-0.1, -0.05) is 24.2 Å². The normalized spacial score (nSPS) is 11.7. The maximum absolute atomic E-state index is 13.0. The van der Waals surface area contributed by atoms with Crippen LogP contribution in [-0.2, 0) is 16.0 Å². The zero-order valence-electron chi connectivity index (χ0n) is 17.1. The molecule has 162 valence electrons. The number of thioether (sulfide) groups is 1. The van der Waals surface area contributed by atoms with Gasteiger partial charge < -0.3 is 14.6 Å². The Morgan fingerprint density at radius 2 is 1.94 bits per heavy atom. The highest BCUT2D eigenvalue weighted by Crippen LogP contribution is 2.26. The summed E-state index contributed by atoms with van der Waals surface area (Å²) in [6.45, 7) is 3.67. The fourth-order valence-electron chi connectivity index (χ4n) is 2.67. The smallest absolute Gasteiger partial charge is 0.340 e. The second kappa shape index (κ2) is 10.7. The van der Waals surface area contributed by atoms with E-state index >= 15 is 0 Å². The number of hydrogen-bond acceptors (Lipinski definition) is 7. The average Bonchev–Trinajstić information content (AvgIpc) is 3.23. The fourth-order valence-corrected chi connectivity index (χ4v) is 3.51. The molecule has 1 unspecified atom stereocenters. The number of ether oxygens (including phenoxy) is 1. The Balaban J connectivity index is 1.60. The van der Waals surface area contributed by atoms with Gasteiger partial charge in [-0.2, -0.15) is 4.98 Å². The predicted molar refractivity (Wildman–Crippen MR) is 114 cm³/mol. The maximum atomic E-state index is 13.0. The van der Waals surface area contributed by atoms with Crippen molar-refractivity contribution in [2.24, 2.45) is 0 Å². The lowest BCUT2D eigenvalue weighted by Gasteiger charge is -2.12. The molecule has 0 fully saturated rings. The molecule has 1 amide bonds. The van der Waals surface area contributed by atoms with Gasteiger partial charge in [-0.15, -0.1) is 11.8 Å². The molecule has 0 saturated carbocycles. The van der Waals surface area contributed by atoms with Gasteiger partial charge in [0.15, 0.2) is 11.9 Å². The number of carbonyl (C=O) groups is 2. The lowest BCUT2D eigenvalue weighted by molar-refractivity contribution is -0.113. The molecular formula is C22H22FN3O4S. The van der Waals surface area contributed by atoms with E-state index in [9.17, 15) is 14.0 Å². The fraction of sp³-hybridized carbons (Fsp3) is 0.273. The van der Waals surface area contributed by atoms with Crippen molar-refractivity contribution in [3.63, 3.8) is 0 Å². The van der Waals surface area contributed by atoms with E-state index in [-0.39, 0.29) is 23.4 Å². The molecule has 0 spiro atoms. The Morgan fingerprint density at radius 3 is 2.68 bits per heavy atom. The van der Waals surface area contributed by atoms with Crippen LogP contribution in [0.4, 0.5) is 10.1 Å². The van der Waals surface area contributed by atoms with E-state index in [0.717, 1.165) is 6.42 Å². The Kier molecular flexibility index (Phi) is 7.77. The van der Waals surface area contributed by atoms with Crippen LogP contribution >= 0.6 is 11.8 Å². The van der Waals surface area contributed by atoms with Crippen LogP contribution in [0.1, 0.15) is 48.4 Å². The van der Waals surface area contributed by atoms with E-state index in [4.69, 9.17) is 9.26 Å². The van der Waals surface area contributed by atoms with E-state index in [1.165, 1.54) is 36.0 Å². The Morgan fingerprint density at radius 1 is 1.19 bits per heavy atom. The van der Waals surface area contributed by atoms with Crippen LogP contribution in [0.2, 0.25) is 0 Å². The number of anilines is 1. The minimum absolute atomic E-state index is 0.0707. The van der Waals surface area contributed by atoms with Crippen LogP contribution in [0.5, 0.6) is 0 Å². The van der Waals surface area contributed by atoms with Crippen LogP contribution in [-0.4, -0.2) is 27.8 Å². The number of rotatable bonds is 9. The predicted octanol–water partition coefficient (Wildman–Crippen LogP) is 4.81. The lowest BCUT2D eigenvalue weighted by atomic mass is 10.2. The van der Waals surface area contributed by atoms with Gasteiger partial charge in [0.1, 0.15) is 5.82 Å². The van der Waals surface area contributed by atoms with Gasteiger partial charge in [-0.3, -0.25) is 4.79 Å². The molecule has 1 heterocycles. The number of esters is 1. The quantitative estimate of drug-likeness (QED) is 0.375. The summed E-state index contributed by atoms with van der Waals surface area (Å²) < 4.78 is 23.6. The van der Waals surface area contributed by atoms with Crippen molar-refractivity contribution in [2.45, 2.75) is 37.7 Å². The summed E-state index contributed by atoms with van der Waals surface area (Å²) in [6, 6.07) is 12.4. The van der Waals surface area contributed by atoms with E-state index in [2.05, 4.69) is 15.5 Å². The third-order valence-corrected chi connectivity index (χ3v) is 5.26. The summed E-state index contributed by atoms with van der Waals surface area (Å²) in [5.74, 6) is -0.325. The molecule has 1 N–H and O–H groups in total. The Hall–Kier alpha value is -3.20. The van der Waals surface area contributed by atoms with Crippen molar-refractivity contribution in [3.05, 3.63) is 71.6 Å². The second-order valence-corrected chi connectivity index (χ2v) is 7.70. The zero-order chi connectivity index (χ0) is 22.2. The number of nitrogens with zero attached hydrogens (tertiary/aromatic N) is 2. The van der Waals surface area contributed by atoms with Crippen LogP contribution in [0.3, 0.4) is 0 Å². The molecule has 0 aliphatic heterocycles. The van der Waals surface area contributed by atoms with Crippen molar-refractivity contribution < 1.29 is 23.2 Å². The molecule has 7 nitrogen and oxygen atoms in total. The molecule has 0 aliphatic rings. The summed E-state index contributed by atoms with van der Waals surface area (Å²) in [7, 11) is 0. The third kappa shape index (κ3) is 6.39. The van der Waals surface area contributed by atoms with Crippen molar-refractivity contribution in [3.8, 4) is 0 Å². The van der Waals surface area contributed by atoms with Crippen LogP contribution in [0, 0.1) is 5.82 Å². The number of benzene rings is 2. The minimum atomic E-state index is -0.703. The van der Waals surface area contributed by atoms with Gasteiger partial charge in [-0.25, -0.2) is 9.18 Å². The molecule has 2 aromatic carbocycles. The van der Waals surface area contributed by atoms with Crippen LogP contribution < -0.4 is 5.32 Å². The first-order valence-electron chi connectivity index (χ1n) is 9.77. The first-order chi connectivity index (χ1) is 15.0. The second-order valence-electron chi connectivity index (χ2n) is 6.69. The summed E-state index contributed by atoms with van der Waals surface area (Å²) >= 11 is 1.20. The summed E-state index contributed by atoms with van der Waals surface area (Å²) in [6.07, 6.45) is 0.862. The highest BCUT2D eigenvalue weighted by molar-refractivity contribution is 8.00. The number of amides is 1. The van der Waals surface area contributed by atoms with Gasteiger partial charge >= 0.3 is 5.97 Å². The van der Waals surface area contributed by atoms with Gasteiger partial charge in [0.2, 0.25) is 5.91 Å². The van der Waals surface area contributed by atoms with Gasteiger partial charge in [-0.05, 0) is 49.7 Å². The first kappa shape index (κ1) is 22.5. The Bertz CT molecular complexity index is 1040. The van der Waals surface area contributed by atoms with E-state index < -0.39 is 12.1 Å². The maximum Gasteiger partial charge on any atom is 0.340 e. The van der Waals surface area contributed by atoms with Gasteiger partial charge in [0.05, 0.1) is 11.3 Å². The molecule has 31 heavy (non-hydrogen) atoms. The summed E-state index contributed by atoms with van der Waals surface area (Å²) in [4.78, 5) is 29.7. The number of halogens is 1. The number of hydrogen-bond donors (Lipinski definition) is 1. The number of carbonyl (C=O) groups excluding carboxylic acids is 2. The van der Waals surface area contributed by atoms with E-state index in [1.54, 1.807) is 31.2 Å². The zero-order valence-corrected chi connectivity index (χ0v) is 17.9. The molecule has 0 aliphatic carbocycles. The number of aromatic nitrogens is 2. The Labute approximate surface area is 183 Å². The molecular weight excluding hydrogens is 421 g/mol. The van der Waals surface area contributed by atoms with Crippen LogP contribution in [0.25, 0.3) is 0 Å². The third-order valence-electron chi connectivity index (χ3n) is 4.18. The highest BCUT2D eigenvalue weighted by atomic mass is 32.2. The van der Waals surface area contributed by atoms with Crippen molar-refractivity contribution >= 4 is 29.3 Å². The SMILES string of the molecule is CCCc1noc(C(C)OC(=O)c2ccccc2SCC(=O)Nc2ccc(F)cc2)n1. The largest absolute Gasteiger partial charge is 0.449 e. The highest BCUT2D eigenvalue weighted by Gasteiger charge is 2.21. The standard InChI is InChI=1S/C22H22FN3O4S/c1-3-6-19-25-21(30-26-19)14(2)29-22(28)17-7-4-5-8-18(17)31-13-20(27)24-16-11-9-15(23)10-12-16/h4-5,7-12,14H,3,6,13H2,1-2H3,(H,24,27). The summed E-state index contributed by atoms with van der Waals surface area (Å²) in [5.41, 5.74) is 0.831. The molecule has 3 rings (SSSR count). The molecule has 1 atom stereocenters. The van der Waals surface area contributed by atoms with Crippen molar-refractivity contribution in [1.29, 1.82) is 0 Å². The van der Waals surface area contributed by atoms with E-state index in [1.807, 2.05) is 6.92 Å². The molecule has 0 saturated heterocycles. The van der Waals surface area contributed by atoms with Crippen LogP contribution in [0.15, 0.2) is 57.9 Å². The molecule has 3 aromatic rings. The molecule has 9 heteroatoms. The lowest BCUT2D eigenvalue weighted by Crippen LogP contribution is -2.15. The number of nitrogens with one attached hydrogen (secondary N) is 1. The number of aryl methyl sites for hydroxylation is 1. The average molecular weight is 444 g/mol. The first-order valence-corrected chi connectivity index (χ1v) is 10.8. The molecule has 1 aromatic heterocycles. The monoisotopic (exact) mass is 443 g/mol. The topological polar surface area (TPSA) is 94.3 Å². The van der Waals surface area contributed by atoms with Gasteiger partial charge in [0, 0.05) is 17.0 Å². The summed E-state index contributed by atoms with van der Waals surface area (Å²) in [5, 5.41) is 6.55. The molecule has 0 bridgehead atoms. The minimum Gasteiger partial charge on any atom is -0.449 e.